The number of pyridine rings is 2. The zero-order valence-corrected chi connectivity index (χ0v) is 11.6. The highest BCUT2D eigenvalue weighted by atomic mass is 19.1. The van der Waals surface area contributed by atoms with Crippen LogP contribution in [0.15, 0.2) is 67.1 Å². The predicted molar refractivity (Wildman–Crippen MR) is 84.7 cm³/mol. The molecule has 0 atom stereocenters. The highest BCUT2D eigenvalue weighted by molar-refractivity contribution is 6.01. The van der Waals surface area contributed by atoms with Crippen LogP contribution in [0.1, 0.15) is 0 Å². The molecule has 4 rings (SSSR count). The molecular formula is C18H12FN3. The molecule has 22 heavy (non-hydrogen) atoms. The summed E-state index contributed by atoms with van der Waals surface area (Å²) in [5, 5.41) is 0. The first-order valence-corrected chi connectivity index (χ1v) is 6.96. The summed E-state index contributed by atoms with van der Waals surface area (Å²) >= 11 is 0. The lowest BCUT2D eigenvalue weighted by atomic mass is 10.0. The van der Waals surface area contributed by atoms with Crippen molar-refractivity contribution < 1.29 is 4.39 Å². The average molecular weight is 289 g/mol. The van der Waals surface area contributed by atoms with Crippen LogP contribution in [-0.2, 0) is 0 Å². The molecule has 0 aliphatic heterocycles. The van der Waals surface area contributed by atoms with Gasteiger partial charge in [-0.1, -0.05) is 12.1 Å². The summed E-state index contributed by atoms with van der Waals surface area (Å²) in [5.74, 6) is -0.248. The van der Waals surface area contributed by atoms with E-state index in [-0.39, 0.29) is 5.82 Å². The molecule has 4 aromatic rings. The van der Waals surface area contributed by atoms with Crippen molar-refractivity contribution in [1.82, 2.24) is 15.0 Å². The molecular weight excluding hydrogens is 277 g/mol. The van der Waals surface area contributed by atoms with Crippen LogP contribution in [0, 0.1) is 5.82 Å². The van der Waals surface area contributed by atoms with E-state index >= 15 is 0 Å². The van der Waals surface area contributed by atoms with E-state index in [1.165, 1.54) is 12.1 Å². The molecule has 0 amide bonds. The van der Waals surface area contributed by atoms with Gasteiger partial charge in [0, 0.05) is 29.7 Å². The van der Waals surface area contributed by atoms with Gasteiger partial charge in [0.1, 0.15) is 5.82 Å². The minimum Gasteiger partial charge on any atom is -0.353 e. The van der Waals surface area contributed by atoms with Crippen molar-refractivity contribution in [3.05, 3.63) is 72.9 Å². The summed E-state index contributed by atoms with van der Waals surface area (Å²) < 4.78 is 13.2. The molecule has 0 radical (unpaired) electrons. The molecule has 3 aromatic heterocycles. The van der Waals surface area contributed by atoms with Crippen LogP contribution in [-0.4, -0.2) is 15.0 Å². The normalized spacial score (nSPS) is 11.0. The Hall–Kier alpha value is -3.01. The second kappa shape index (κ2) is 5.07. The van der Waals surface area contributed by atoms with Gasteiger partial charge in [0.2, 0.25) is 0 Å². The Labute approximate surface area is 126 Å². The van der Waals surface area contributed by atoms with E-state index in [0.717, 1.165) is 33.4 Å². The van der Waals surface area contributed by atoms with E-state index in [1.54, 1.807) is 30.7 Å². The monoisotopic (exact) mass is 289 g/mol. The van der Waals surface area contributed by atoms with E-state index < -0.39 is 0 Å². The van der Waals surface area contributed by atoms with Gasteiger partial charge in [-0.05, 0) is 42.0 Å². The minimum atomic E-state index is -0.248. The molecule has 0 saturated heterocycles. The Bertz CT molecular complexity index is 928. The Balaban J connectivity index is 2.04. The van der Waals surface area contributed by atoms with Gasteiger partial charge in [0.05, 0.1) is 16.7 Å². The summed E-state index contributed by atoms with van der Waals surface area (Å²) in [6.07, 6.45) is 5.27. The van der Waals surface area contributed by atoms with E-state index in [1.807, 2.05) is 24.3 Å². The van der Waals surface area contributed by atoms with Crippen LogP contribution >= 0.6 is 0 Å². The molecule has 0 aliphatic rings. The molecule has 0 unspecified atom stereocenters. The number of fused-ring (bicyclic) bond motifs is 1. The molecule has 4 heteroatoms. The van der Waals surface area contributed by atoms with Gasteiger partial charge < -0.3 is 4.98 Å². The number of rotatable bonds is 2. The molecule has 0 fully saturated rings. The third-order valence-electron chi connectivity index (χ3n) is 3.66. The number of hydrogen-bond donors (Lipinski definition) is 1. The first-order chi connectivity index (χ1) is 10.8. The van der Waals surface area contributed by atoms with E-state index in [2.05, 4.69) is 15.0 Å². The fourth-order valence-electron chi connectivity index (χ4n) is 2.65. The molecule has 0 spiro atoms. The Morgan fingerprint density at radius 1 is 0.818 bits per heavy atom. The quantitative estimate of drug-likeness (QED) is 0.593. The van der Waals surface area contributed by atoms with Crippen molar-refractivity contribution >= 4 is 11.0 Å². The smallest absolute Gasteiger partial charge is 0.123 e. The Morgan fingerprint density at radius 2 is 1.59 bits per heavy atom. The van der Waals surface area contributed by atoms with Crippen LogP contribution in [0.25, 0.3) is 33.4 Å². The molecule has 0 aliphatic carbocycles. The summed E-state index contributed by atoms with van der Waals surface area (Å²) in [5.41, 5.74) is 5.71. The van der Waals surface area contributed by atoms with Crippen LogP contribution in [0.2, 0.25) is 0 Å². The number of aromatic nitrogens is 3. The van der Waals surface area contributed by atoms with Crippen molar-refractivity contribution in [1.29, 1.82) is 0 Å². The minimum absolute atomic E-state index is 0.248. The van der Waals surface area contributed by atoms with Gasteiger partial charge in [-0.15, -0.1) is 0 Å². The lowest BCUT2D eigenvalue weighted by molar-refractivity contribution is 0.628. The standard InChI is InChI=1S/C18H12FN3/c19-14-5-3-12(4-6-14)16-17(13-7-10-20-11-8-13)22-15-2-1-9-21-18(15)16/h1-11,22H. The van der Waals surface area contributed by atoms with Gasteiger partial charge in [-0.25, -0.2) is 4.39 Å². The van der Waals surface area contributed by atoms with Gasteiger partial charge in [-0.2, -0.15) is 0 Å². The predicted octanol–water partition coefficient (Wildman–Crippen LogP) is 4.43. The first-order valence-electron chi connectivity index (χ1n) is 6.96. The lowest BCUT2D eigenvalue weighted by Gasteiger charge is -2.05. The molecule has 0 saturated carbocycles. The summed E-state index contributed by atoms with van der Waals surface area (Å²) in [7, 11) is 0. The van der Waals surface area contributed by atoms with Crippen LogP contribution < -0.4 is 0 Å². The van der Waals surface area contributed by atoms with Gasteiger partial charge in [0.15, 0.2) is 0 Å². The van der Waals surface area contributed by atoms with Crippen molar-refractivity contribution in [3.8, 4) is 22.4 Å². The second-order valence-corrected chi connectivity index (χ2v) is 5.02. The number of H-pyrrole nitrogens is 1. The lowest BCUT2D eigenvalue weighted by Crippen LogP contribution is -1.84. The van der Waals surface area contributed by atoms with Crippen molar-refractivity contribution in [2.24, 2.45) is 0 Å². The van der Waals surface area contributed by atoms with Crippen LogP contribution in [0.5, 0.6) is 0 Å². The number of nitrogens with one attached hydrogen (secondary N) is 1. The zero-order valence-electron chi connectivity index (χ0n) is 11.6. The summed E-state index contributed by atoms with van der Waals surface area (Å²) in [4.78, 5) is 12.0. The number of aromatic amines is 1. The highest BCUT2D eigenvalue weighted by Crippen LogP contribution is 2.36. The van der Waals surface area contributed by atoms with E-state index in [9.17, 15) is 4.39 Å². The Kier molecular flexibility index (Phi) is 2.93. The van der Waals surface area contributed by atoms with Crippen LogP contribution in [0.4, 0.5) is 4.39 Å². The third-order valence-corrected chi connectivity index (χ3v) is 3.66. The number of halogens is 1. The third kappa shape index (κ3) is 2.05. The van der Waals surface area contributed by atoms with Gasteiger partial charge in [0.25, 0.3) is 0 Å². The maximum Gasteiger partial charge on any atom is 0.123 e. The number of hydrogen-bond acceptors (Lipinski definition) is 2. The molecule has 3 heterocycles. The fourth-order valence-corrected chi connectivity index (χ4v) is 2.65. The average Bonchev–Trinajstić information content (AvgIpc) is 2.96. The fraction of sp³-hybridized carbons (Fsp3) is 0. The summed E-state index contributed by atoms with van der Waals surface area (Å²) in [6, 6.07) is 14.2. The molecule has 1 N–H and O–H groups in total. The highest BCUT2D eigenvalue weighted by Gasteiger charge is 2.15. The number of benzene rings is 1. The second-order valence-electron chi connectivity index (χ2n) is 5.02. The largest absolute Gasteiger partial charge is 0.353 e. The molecule has 1 aromatic carbocycles. The van der Waals surface area contributed by atoms with Gasteiger partial charge >= 0.3 is 0 Å². The van der Waals surface area contributed by atoms with E-state index in [4.69, 9.17) is 0 Å². The number of nitrogens with zero attached hydrogens (tertiary/aromatic N) is 2. The topological polar surface area (TPSA) is 41.6 Å². The van der Waals surface area contributed by atoms with Crippen molar-refractivity contribution in [2.75, 3.05) is 0 Å². The Morgan fingerprint density at radius 3 is 2.36 bits per heavy atom. The van der Waals surface area contributed by atoms with Crippen molar-refractivity contribution in [3.63, 3.8) is 0 Å². The first kappa shape index (κ1) is 12.7. The SMILES string of the molecule is Fc1ccc(-c2c(-c3ccncc3)[nH]c3cccnc23)cc1. The molecule has 0 bridgehead atoms. The summed E-state index contributed by atoms with van der Waals surface area (Å²) in [6.45, 7) is 0. The maximum atomic E-state index is 13.2. The van der Waals surface area contributed by atoms with E-state index in [0.29, 0.717) is 0 Å². The molecule has 3 nitrogen and oxygen atoms in total. The maximum absolute atomic E-state index is 13.2. The zero-order chi connectivity index (χ0) is 14.9. The van der Waals surface area contributed by atoms with Crippen LogP contribution in [0.3, 0.4) is 0 Å². The van der Waals surface area contributed by atoms with Gasteiger partial charge in [-0.3, -0.25) is 9.97 Å². The van der Waals surface area contributed by atoms with Crippen molar-refractivity contribution in [2.45, 2.75) is 0 Å². The molecule has 106 valence electrons.